The third-order valence-electron chi connectivity index (χ3n) is 8.00. The number of fused-ring (bicyclic) bond motifs is 2. The van der Waals surface area contributed by atoms with Crippen molar-refractivity contribution in [2.75, 3.05) is 0 Å². The second-order valence-corrected chi connectivity index (χ2v) is 11.3. The molecule has 4 aromatic carbocycles. The van der Waals surface area contributed by atoms with Crippen LogP contribution in [-0.4, -0.2) is 4.57 Å². The largest absolute Gasteiger partial charge is 0.464 e. The van der Waals surface area contributed by atoms with Gasteiger partial charge in [0.05, 0.1) is 25.4 Å². The predicted molar refractivity (Wildman–Crippen MR) is 164 cm³/mol. The molecule has 0 unspecified atom stereocenters. The summed E-state index contributed by atoms with van der Waals surface area (Å²) in [4.78, 5) is 3.75. The molecule has 0 atom stereocenters. The summed E-state index contributed by atoms with van der Waals surface area (Å²) in [7, 11) is 2.11. The van der Waals surface area contributed by atoms with Gasteiger partial charge in [-0.2, -0.15) is 4.57 Å². The summed E-state index contributed by atoms with van der Waals surface area (Å²) in [5.41, 5.74) is 12.3. The number of hydrogen-bond donors (Lipinski definition) is 0. The van der Waals surface area contributed by atoms with E-state index in [2.05, 4.69) is 116 Å². The first-order valence-electron chi connectivity index (χ1n) is 13.9. The van der Waals surface area contributed by atoms with Gasteiger partial charge in [0, 0.05) is 16.5 Å². The van der Waals surface area contributed by atoms with E-state index in [0.29, 0.717) is 17.5 Å². The molecule has 0 aliphatic carbocycles. The monoisotopic (exact) mass is 524 g/mol. The van der Waals surface area contributed by atoms with Crippen LogP contribution in [0.3, 0.4) is 0 Å². The number of hydrogen-bond acceptors (Lipinski definition) is 1. The minimum absolute atomic E-state index is 0.298. The molecule has 0 aliphatic rings. The summed E-state index contributed by atoms with van der Waals surface area (Å²) < 4.78 is 10.4. The van der Waals surface area contributed by atoms with Gasteiger partial charge in [-0.1, -0.05) is 64.1 Å². The van der Waals surface area contributed by atoms with Gasteiger partial charge in [0.1, 0.15) is 11.3 Å². The molecule has 40 heavy (non-hydrogen) atoms. The van der Waals surface area contributed by atoms with Crippen molar-refractivity contribution in [3.8, 4) is 28.2 Å². The summed E-state index contributed by atoms with van der Waals surface area (Å²) in [5.74, 6) is 1.69. The average molecular weight is 525 g/mol. The molecule has 0 N–H and O–H groups in total. The van der Waals surface area contributed by atoms with E-state index in [0.717, 1.165) is 39.0 Å². The highest BCUT2D eigenvalue weighted by Gasteiger charge is 2.32. The van der Waals surface area contributed by atoms with E-state index in [1.807, 2.05) is 18.2 Å². The van der Waals surface area contributed by atoms with Crippen LogP contribution in [0, 0.1) is 13.5 Å². The van der Waals surface area contributed by atoms with Crippen molar-refractivity contribution in [1.82, 2.24) is 4.57 Å². The number of aromatic nitrogens is 2. The highest BCUT2D eigenvalue weighted by molar-refractivity contribution is 5.87. The zero-order valence-electron chi connectivity index (χ0n) is 24.0. The Balaban J connectivity index is 1.78. The fourth-order valence-corrected chi connectivity index (χ4v) is 5.91. The lowest BCUT2D eigenvalue weighted by Crippen LogP contribution is -2.36. The lowest BCUT2D eigenvalue weighted by molar-refractivity contribution is -0.557. The van der Waals surface area contributed by atoms with Gasteiger partial charge in [-0.3, -0.25) is 0 Å². The number of rotatable bonds is 5. The van der Waals surface area contributed by atoms with Gasteiger partial charge in [-0.15, -0.1) is 0 Å². The van der Waals surface area contributed by atoms with E-state index in [-0.39, 0.29) is 0 Å². The molecule has 198 valence electrons. The van der Waals surface area contributed by atoms with Crippen molar-refractivity contribution in [1.29, 1.82) is 0 Å². The molecule has 0 saturated heterocycles. The van der Waals surface area contributed by atoms with Crippen molar-refractivity contribution in [3.63, 3.8) is 0 Å². The summed E-state index contributed by atoms with van der Waals surface area (Å²) in [6.07, 6.45) is 1.75. The SMILES string of the molecule is [C-]#[N+]c1ccc2c(c1)n(C)c(-c1cc3ccoc3cc1C)[n+]2-c1c(C(C)C)cc(-c2ccccc2)cc1C(C)C. The number of furan rings is 1. The Morgan fingerprint density at radius 2 is 1.52 bits per heavy atom. The van der Waals surface area contributed by atoms with Gasteiger partial charge in [0.15, 0.2) is 16.7 Å². The Hall–Kier alpha value is -4.62. The Bertz CT molecular complexity index is 1900. The molecule has 6 aromatic rings. The number of nitrogens with zero attached hydrogens (tertiary/aromatic N) is 3. The van der Waals surface area contributed by atoms with Gasteiger partial charge in [0.25, 0.3) is 5.82 Å². The Morgan fingerprint density at radius 1 is 0.825 bits per heavy atom. The third-order valence-corrected chi connectivity index (χ3v) is 8.00. The standard InChI is InChI=1S/C36H34N3O/c1-22(2)29-19-27(25-11-9-8-10-12-25)20-30(23(3)4)35(29)39-32-14-13-28(37-6)21-33(32)38(7)36(39)31-18-26-15-16-40-34(26)17-24(31)5/h8-23H,1-5,7H3/q+1. The molecular weight excluding hydrogens is 490 g/mol. The Morgan fingerprint density at radius 3 is 2.17 bits per heavy atom. The molecule has 0 aliphatic heterocycles. The van der Waals surface area contributed by atoms with Crippen molar-refractivity contribution in [2.24, 2.45) is 7.05 Å². The first-order chi connectivity index (χ1) is 19.3. The smallest absolute Gasteiger partial charge is 0.295 e. The topological polar surface area (TPSA) is 26.3 Å². The van der Waals surface area contributed by atoms with Crippen LogP contribution in [0.1, 0.15) is 56.2 Å². The second kappa shape index (κ2) is 9.84. The minimum atomic E-state index is 0.298. The van der Waals surface area contributed by atoms with E-state index < -0.39 is 0 Å². The lowest BCUT2D eigenvalue weighted by atomic mass is 9.88. The quantitative estimate of drug-likeness (QED) is 0.163. The second-order valence-electron chi connectivity index (χ2n) is 11.3. The highest BCUT2D eigenvalue weighted by atomic mass is 16.3. The average Bonchev–Trinajstić information content (AvgIpc) is 3.53. The van der Waals surface area contributed by atoms with Crippen molar-refractivity contribution in [2.45, 2.75) is 46.5 Å². The normalized spacial score (nSPS) is 11.7. The summed E-state index contributed by atoms with van der Waals surface area (Å²) >= 11 is 0. The lowest BCUT2D eigenvalue weighted by Gasteiger charge is -2.21. The predicted octanol–water partition coefficient (Wildman–Crippen LogP) is 9.64. The maximum Gasteiger partial charge on any atom is 0.295 e. The molecule has 0 amide bonds. The van der Waals surface area contributed by atoms with Crippen LogP contribution in [0.4, 0.5) is 5.69 Å². The first-order valence-corrected chi connectivity index (χ1v) is 13.9. The molecule has 2 heterocycles. The molecule has 4 nitrogen and oxygen atoms in total. The number of aryl methyl sites for hydroxylation is 2. The Labute approximate surface area is 235 Å². The van der Waals surface area contributed by atoms with E-state index in [9.17, 15) is 0 Å². The summed E-state index contributed by atoms with van der Waals surface area (Å²) in [6.45, 7) is 18.9. The molecule has 2 aromatic heterocycles. The van der Waals surface area contributed by atoms with Crippen molar-refractivity contribution < 1.29 is 8.98 Å². The van der Waals surface area contributed by atoms with Crippen molar-refractivity contribution >= 4 is 27.7 Å². The molecule has 0 bridgehead atoms. The molecule has 0 radical (unpaired) electrons. The van der Waals surface area contributed by atoms with E-state index in [1.54, 1.807) is 6.26 Å². The molecule has 6 rings (SSSR count). The van der Waals surface area contributed by atoms with Crippen LogP contribution in [0.5, 0.6) is 0 Å². The zero-order chi connectivity index (χ0) is 28.1. The van der Waals surface area contributed by atoms with E-state index >= 15 is 0 Å². The van der Waals surface area contributed by atoms with Crippen LogP contribution in [0.15, 0.2) is 89.5 Å². The summed E-state index contributed by atoms with van der Waals surface area (Å²) in [6, 6.07) is 27.8. The fraction of sp³-hybridized carbons (Fsp3) is 0.222. The van der Waals surface area contributed by atoms with Crippen molar-refractivity contribution in [3.05, 3.63) is 113 Å². The number of imidazole rings is 1. The maximum atomic E-state index is 7.67. The molecule has 0 spiro atoms. The van der Waals surface area contributed by atoms with E-state index in [4.69, 9.17) is 11.0 Å². The minimum Gasteiger partial charge on any atom is -0.464 e. The molecule has 0 saturated carbocycles. The van der Waals surface area contributed by atoms with Gasteiger partial charge < -0.3 is 4.42 Å². The van der Waals surface area contributed by atoms with Crippen LogP contribution < -0.4 is 4.57 Å². The third kappa shape index (κ3) is 4.10. The van der Waals surface area contributed by atoms with Crippen LogP contribution in [-0.2, 0) is 7.05 Å². The van der Waals surface area contributed by atoms with Crippen LogP contribution >= 0.6 is 0 Å². The van der Waals surface area contributed by atoms with Gasteiger partial charge in [-0.25, -0.2) is 9.41 Å². The van der Waals surface area contributed by atoms with Crippen LogP contribution in [0.25, 0.3) is 55.0 Å². The summed E-state index contributed by atoms with van der Waals surface area (Å²) in [5, 5.41) is 1.08. The van der Waals surface area contributed by atoms with Gasteiger partial charge in [-0.05, 0) is 77.9 Å². The first kappa shape index (κ1) is 25.6. The molecule has 0 fully saturated rings. The number of benzene rings is 4. The zero-order valence-corrected chi connectivity index (χ0v) is 24.0. The highest BCUT2D eigenvalue weighted by Crippen LogP contribution is 2.38. The van der Waals surface area contributed by atoms with Gasteiger partial charge in [0.2, 0.25) is 0 Å². The molecular formula is C36H34N3O+. The maximum absolute atomic E-state index is 7.67. The molecule has 4 heteroatoms. The fourth-order valence-electron chi connectivity index (χ4n) is 5.91. The Kier molecular flexibility index (Phi) is 6.31. The van der Waals surface area contributed by atoms with Gasteiger partial charge >= 0.3 is 0 Å². The van der Waals surface area contributed by atoms with Crippen LogP contribution in [0.2, 0.25) is 0 Å². The van der Waals surface area contributed by atoms with E-state index in [1.165, 1.54) is 27.9 Å².